The standard InChI is InChI=1S/C24H22Cl2N2O5S/c1-3-33-24(30)17-6-4-7-18(14-17)27-23(29)16-10-12-19(13-11-16)28(34(2,31)32)15-20-21(25)8-5-9-22(20)26/h4-14H,3,15H2,1-2H3,(H,27,29). The molecule has 1 amide bonds. The number of esters is 1. The number of amides is 1. The minimum atomic E-state index is -3.68. The van der Waals surface area contributed by atoms with Gasteiger partial charge in [-0.1, -0.05) is 35.3 Å². The Kier molecular flexibility index (Phi) is 8.19. The average molecular weight is 521 g/mol. The number of ether oxygens (including phenoxy) is 1. The van der Waals surface area contributed by atoms with E-state index in [1.54, 1.807) is 43.3 Å². The second kappa shape index (κ2) is 10.9. The van der Waals surface area contributed by atoms with E-state index in [2.05, 4.69) is 5.32 Å². The Morgan fingerprint density at radius 1 is 0.941 bits per heavy atom. The summed E-state index contributed by atoms with van der Waals surface area (Å²) < 4.78 is 31.1. The van der Waals surface area contributed by atoms with E-state index < -0.39 is 21.9 Å². The third kappa shape index (κ3) is 6.28. The number of carbonyl (C=O) groups excluding carboxylic acids is 2. The fraction of sp³-hybridized carbons (Fsp3) is 0.167. The molecule has 0 aromatic heterocycles. The Labute approximate surface area is 208 Å². The normalized spacial score (nSPS) is 11.1. The fourth-order valence-corrected chi connectivity index (χ4v) is 4.53. The zero-order valence-corrected chi connectivity index (χ0v) is 20.7. The van der Waals surface area contributed by atoms with Crippen LogP contribution in [0.2, 0.25) is 10.0 Å². The van der Waals surface area contributed by atoms with Crippen LogP contribution in [0.3, 0.4) is 0 Å². The third-order valence-corrected chi connectivity index (χ3v) is 6.66. The molecule has 0 aliphatic heterocycles. The number of carbonyl (C=O) groups is 2. The molecule has 34 heavy (non-hydrogen) atoms. The molecule has 0 aliphatic carbocycles. The zero-order chi connectivity index (χ0) is 24.9. The summed E-state index contributed by atoms with van der Waals surface area (Å²) in [7, 11) is -3.68. The minimum absolute atomic E-state index is 0.0659. The first-order valence-corrected chi connectivity index (χ1v) is 12.8. The van der Waals surface area contributed by atoms with E-state index in [4.69, 9.17) is 27.9 Å². The van der Waals surface area contributed by atoms with Gasteiger partial charge in [0, 0.05) is 26.9 Å². The predicted molar refractivity (Wildman–Crippen MR) is 134 cm³/mol. The molecular weight excluding hydrogens is 499 g/mol. The number of anilines is 2. The lowest BCUT2D eigenvalue weighted by Gasteiger charge is -2.23. The van der Waals surface area contributed by atoms with E-state index in [1.807, 2.05) is 0 Å². The molecular formula is C24H22Cl2N2O5S. The molecule has 3 rings (SSSR count). The fourth-order valence-electron chi connectivity index (χ4n) is 3.15. The van der Waals surface area contributed by atoms with Gasteiger partial charge in [-0.15, -0.1) is 0 Å². The van der Waals surface area contributed by atoms with Gasteiger partial charge in [-0.25, -0.2) is 13.2 Å². The van der Waals surface area contributed by atoms with Crippen molar-refractivity contribution in [2.75, 3.05) is 22.5 Å². The largest absolute Gasteiger partial charge is 0.462 e. The number of rotatable bonds is 8. The van der Waals surface area contributed by atoms with Crippen molar-refractivity contribution in [1.29, 1.82) is 0 Å². The molecule has 0 fully saturated rings. The average Bonchev–Trinajstić information content (AvgIpc) is 2.78. The highest BCUT2D eigenvalue weighted by Crippen LogP contribution is 2.29. The summed E-state index contributed by atoms with van der Waals surface area (Å²) in [5, 5.41) is 3.41. The summed E-state index contributed by atoms with van der Waals surface area (Å²) in [6.45, 7) is 1.89. The van der Waals surface area contributed by atoms with E-state index in [9.17, 15) is 18.0 Å². The zero-order valence-electron chi connectivity index (χ0n) is 18.4. The van der Waals surface area contributed by atoms with Crippen LogP contribution in [-0.2, 0) is 21.3 Å². The molecule has 1 N–H and O–H groups in total. The van der Waals surface area contributed by atoms with E-state index >= 15 is 0 Å². The molecule has 0 spiro atoms. The summed E-state index contributed by atoms with van der Waals surface area (Å²) in [6.07, 6.45) is 1.08. The Morgan fingerprint density at radius 2 is 1.56 bits per heavy atom. The highest BCUT2D eigenvalue weighted by molar-refractivity contribution is 7.92. The molecule has 0 atom stereocenters. The minimum Gasteiger partial charge on any atom is -0.462 e. The second-order valence-corrected chi connectivity index (χ2v) is 9.99. The number of halogens is 2. The molecule has 0 saturated carbocycles. The topological polar surface area (TPSA) is 92.8 Å². The summed E-state index contributed by atoms with van der Waals surface area (Å²) in [5.41, 5.74) is 1.86. The van der Waals surface area contributed by atoms with Crippen molar-refractivity contribution in [2.45, 2.75) is 13.5 Å². The van der Waals surface area contributed by atoms with Gasteiger partial charge in [0.25, 0.3) is 5.91 Å². The molecule has 0 saturated heterocycles. The maximum Gasteiger partial charge on any atom is 0.338 e. The monoisotopic (exact) mass is 520 g/mol. The van der Waals surface area contributed by atoms with Crippen LogP contribution in [0.4, 0.5) is 11.4 Å². The number of benzene rings is 3. The number of hydrogen-bond donors (Lipinski definition) is 1. The van der Waals surface area contributed by atoms with Crippen molar-refractivity contribution < 1.29 is 22.7 Å². The first kappa shape index (κ1) is 25.6. The molecule has 0 radical (unpaired) electrons. The van der Waals surface area contributed by atoms with Gasteiger partial charge in [-0.3, -0.25) is 9.10 Å². The highest BCUT2D eigenvalue weighted by atomic mass is 35.5. The van der Waals surface area contributed by atoms with Crippen LogP contribution in [-0.4, -0.2) is 33.2 Å². The first-order valence-electron chi connectivity index (χ1n) is 10.2. The lowest BCUT2D eigenvalue weighted by atomic mass is 10.1. The number of nitrogens with one attached hydrogen (secondary N) is 1. The molecule has 0 heterocycles. The van der Waals surface area contributed by atoms with Crippen molar-refractivity contribution >= 4 is 56.5 Å². The maximum absolute atomic E-state index is 12.7. The van der Waals surface area contributed by atoms with Gasteiger partial charge in [0.15, 0.2) is 0 Å². The maximum atomic E-state index is 12.7. The molecule has 7 nitrogen and oxygen atoms in total. The van der Waals surface area contributed by atoms with Gasteiger partial charge in [0.2, 0.25) is 10.0 Å². The summed E-state index contributed by atoms with van der Waals surface area (Å²) in [6, 6.07) is 17.4. The van der Waals surface area contributed by atoms with Gasteiger partial charge < -0.3 is 10.1 Å². The van der Waals surface area contributed by atoms with Gasteiger partial charge >= 0.3 is 5.97 Å². The van der Waals surface area contributed by atoms with Gasteiger partial charge in [0.1, 0.15) is 0 Å². The molecule has 178 valence electrons. The molecule has 0 bridgehead atoms. The van der Waals surface area contributed by atoms with Crippen molar-refractivity contribution in [3.05, 3.63) is 93.5 Å². The summed E-state index contributed by atoms with van der Waals surface area (Å²) in [5.74, 6) is -0.907. The van der Waals surface area contributed by atoms with Gasteiger partial charge in [-0.05, 0) is 61.5 Å². The van der Waals surface area contributed by atoms with E-state index in [0.29, 0.717) is 38.1 Å². The lowest BCUT2D eigenvalue weighted by molar-refractivity contribution is 0.0526. The molecule has 0 unspecified atom stereocenters. The van der Waals surface area contributed by atoms with Crippen LogP contribution in [0, 0.1) is 0 Å². The van der Waals surface area contributed by atoms with Crippen LogP contribution in [0.5, 0.6) is 0 Å². The smallest absolute Gasteiger partial charge is 0.338 e. The second-order valence-electron chi connectivity index (χ2n) is 7.27. The first-order chi connectivity index (χ1) is 16.1. The molecule has 3 aromatic rings. The predicted octanol–water partition coefficient (Wildman–Crippen LogP) is 5.39. The van der Waals surface area contributed by atoms with Crippen LogP contribution in [0.1, 0.15) is 33.2 Å². The third-order valence-electron chi connectivity index (χ3n) is 4.81. The number of sulfonamides is 1. The van der Waals surface area contributed by atoms with Crippen LogP contribution < -0.4 is 9.62 Å². The molecule has 3 aromatic carbocycles. The summed E-state index contributed by atoms with van der Waals surface area (Å²) in [4.78, 5) is 24.6. The SMILES string of the molecule is CCOC(=O)c1cccc(NC(=O)c2ccc(N(Cc3c(Cl)cccc3Cl)S(C)(=O)=O)cc2)c1. The Balaban J connectivity index is 1.80. The lowest BCUT2D eigenvalue weighted by Crippen LogP contribution is -2.29. The van der Waals surface area contributed by atoms with E-state index in [0.717, 1.165) is 10.6 Å². The van der Waals surface area contributed by atoms with E-state index in [-0.39, 0.29) is 13.2 Å². The van der Waals surface area contributed by atoms with Crippen molar-refractivity contribution in [2.24, 2.45) is 0 Å². The Hall–Kier alpha value is -3.07. The van der Waals surface area contributed by atoms with Crippen molar-refractivity contribution in [1.82, 2.24) is 0 Å². The number of nitrogens with zero attached hydrogens (tertiary/aromatic N) is 1. The molecule has 0 aliphatic rings. The quantitative estimate of drug-likeness (QED) is 0.402. The number of hydrogen-bond acceptors (Lipinski definition) is 5. The van der Waals surface area contributed by atoms with Crippen molar-refractivity contribution in [3.63, 3.8) is 0 Å². The van der Waals surface area contributed by atoms with Gasteiger partial charge in [0.05, 0.1) is 30.7 Å². The van der Waals surface area contributed by atoms with Gasteiger partial charge in [-0.2, -0.15) is 0 Å². The summed E-state index contributed by atoms with van der Waals surface area (Å²) >= 11 is 12.4. The Bertz CT molecular complexity index is 1290. The Morgan fingerprint density at radius 3 is 2.15 bits per heavy atom. The van der Waals surface area contributed by atoms with Crippen LogP contribution >= 0.6 is 23.2 Å². The van der Waals surface area contributed by atoms with E-state index in [1.165, 1.54) is 30.3 Å². The van der Waals surface area contributed by atoms with Crippen molar-refractivity contribution in [3.8, 4) is 0 Å². The highest BCUT2D eigenvalue weighted by Gasteiger charge is 2.21. The van der Waals surface area contributed by atoms with Crippen LogP contribution in [0.25, 0.3) is 0 Å². The molecule has 10 heteroatoms. The van der Waals surface area contributed by atoms with Crippen LogP contribution in [0.15, 0.2) is 66.7 Å².